The molecule has 0 radical (unpaired) electrons. The van der Waals surface area contributed by atoms with E-state index in [9.17, 15) is 9.90 Å². The van der Waals surface area contributed by atoms with Crippen LogP contribution < -0.4 is 15.2 Å². The first-order valence-electron chi connectivity index (χ1n) is 12.7. The number of amides is 1. The minimum Gasteiger partial charge on any atom is -0.493 e. The highest BCUT2D eigenvalue weighted by atomic mass is 16.5. The third-order valence-electron chi connectivity index (χ3n) is 6.66. The largest absolute Gasteiger partial charge is 0.493 e. The number of carbonyl (C=O) groups excluding carboxylic acids is 1. The molecule has 0 spiro atoms. The van der Waals surface area contributed by atoms with E-state index in [4.69, 9.17) is 15.2 Å². The van der Waals surface area contributed by atoms with Gasteiger partial charge < -0.3 is 30.1 Å². The zero-order chi connectivity index (χ0) is 25.2. The minimum atomic E-state index is -0.270. The molecule has 2 aromatic rings. The van der Waals surface area contributed by atoms with Gasteiger partial charge in [-0.3, -0.25) is 4.79 Å². The highest BCUT2D eigenvalue weighted by Crippen LogP contribution is 2.35. The van der Waals surface area contributed by atoms with Gasteiger partial charge in [0, 0.05) is 39.1 Å². The van der Waals surface area contributed by atoms with Crippen LogP contribution in [0.2, 0.25) is 0 Å². The second-order valence-corrected chi connectivity index (χ2v) is 9.52. The summed E-state index contributed by atoms with van der Waals surface area (Å²) in [6.45, 7) is 9.70. The first-order valence-corrected chi connectivity index (χ1v) is 12.7. The van der Waals surface area contributed by atoms with Gasteiger partial charge in [0.05, 0.1) is 19.3 Å². The van der Waals surface area contributed by atoms with E-state index < -0.39 is 0 Å². The molecule has 7 heteroatoms. The lowest BCUT2D eigenvalue weighted by atomic mass is 9.95. The van der Waals surface area contributed by atoms with Gasteiger partial charge in [-0.1, -0.05) is 24.3 Å². The maximum atomic E-state index is 10.9. The van der Waals surface area contributed by atoms with Crippen LogP contribution in [-0.4, -0.2) is 79.9 Å². The number of aliphatic hydroxyl groups excluding tert-OH is 1. The molecule has 1 aliphatic rings. The molecule has 3 rings (SSSR count). The number of rotatable bonds is 14. The summed E-state index contributed by atoms with van der Waals surface area (Å²) in [5, 5.41) is 9.67. The summed E-state index contributed by atoms with van der Waals surface area (Å²) in [7, 11) is 1.99. The lowest BCUT2D eigenvalue weighted by Gasteiger charge is -2.18. The maximum absolute atomic E-state index is 10.9. The average molecular weight is 484 g/mol. The summed E-state index contributed by atoms with van der Waals surface area (Å²) in [5.41, 5.74) is 9.76. The predicted molar refractivity (Wildman–Crippen MR) is 140 cm³/mol. The summed E-state index contributed by atoms with van der Waals surface area (Å²) in [6.07, 6.45) is 2.89. The second kappa shape index (κ2) is 13.5. The van der Waals surface area contributed by atoms with E-state index in [1.165, 1.54) is 0 Å². The highest BCUT2D eigenvalue weighted by molar-refractivity contribution is 5.74. The molecule has 1 aliphatic heterocycles. The molecule has 35 heavy (non-hydrogen) atoms. The number of benzene rings is 2. The van der Waals surface area contributed by atoms with E-state index in [1.54, 1.807) is 0 Å². The average Bonchev–Trinajstić information content (AvgIpc) is 3.25. The number of ether oxygens (including phenoxy) is 2. The van der Waals surface area contributed by atoms with Crippen LogP contribution in [0, 0.1) is 13.8 Å². The number of aliphatic hydroxyl groups is 1. The Morgan fingerprint density at radius 2 is 1.63 bits per heavy atom. The fourth-order valence-electron chi connectivity index (χ4n) is 4.54. The van der Waals surface area contributed by atoms with Crippen molar-refractivity contribution < 1.29 is 19.4 Å². The SMILES string of the molecule is Cc1c(OCCCN(C)CCC(N)=O)cccc1-c1cccc(OCCCN2CC[C@@H](O)C2)c1C. The normalized spacial score (nSPS) is 16.1. The van der Waals surface area contributed by atoms with Gasteiger partial charge in [-0.05, 0) is 74.5 Å². The molecule has 0 aromatic heterocycles. The molecule has 192 valence electrons. The molecule has 1 fully saturated rings. The molecule has 1 heterocycles. The van der Waals surface area contributed by atoms with Gasteiger partial charge in [-0.15, -0.1) is 0 Å². The van der Waals surface area contributed by atoms with Gasteiger partial charge in [0.2, 0.25) is 5.91 Å². The Morgan fingerprint density at radius 1 is 1.03 bits per heavy atom. The smallest absolute Gasteiger partial charge is 0.218 e. The minimum absolute atomic E-state index is 0.174. The number of nitrogens with zero attached hydrogens (tertiary/aromatic N) is 2. The van der Waals surface area contributed by atoms with Crippen LogP contribution in [0.3, 0.4) is 0 Å². The third-order valence-corrected chi connectivity index (χ3v) is 6.66. The number of hydrogen-bond acceptors (Lipinski definition) is 6. The van der Waals surface area contributed by atoms with Crippen molar-refractivity contribution in [1.29, 1.82) is 0 Å². The molecule has 1 atom stereocenters. The first-order chi connectivity index (χ1) is 16.8. The van der Waals surface area contributed by atoms with Crippen molar-refractivity contribution in [2.45, 2.75) is 45.6 Å². The first kappa shape index (κ1) is 27.0. The van der Waals surface area contributed by atoms with Crippen LogP contribution in [0.5, 0.6) is 11.5 Å². The summed E-state index contributed by atoms with van der Waals surface area (Å²) < 4.78 is 12.2. The van der Waals surface area contributed by atoms with Crippen LogP contribution in [-0.2, 0) is 4.79 Å². The Bertz CT molecular complexity index is 965. The van der Waals surface area contributed by atoms with Crippen LogP contribution in [0.4, 0.5) is 0 Å². The van der Waals surface area contributed by atoms with E-state index in [0.717, 1.165) is 79.2 Å². The standard InChI is InChI=1S/C28H41N3O4/c1-21-24(8-4-10-26(21)34-18-6-14-30(3)16-13-28(29)33)25-9-5-11-27(22(25)2)35-19-7-15-31-17-12-23(32)20-31/h4-5,8-11,23,32H,6-7,12-20H2,1-3H3,(H2,29,33)/t23-/m1/s1. The van der Waals surface area contributed by atoms with Gasteiger partial charge in [0.15, 0.2) is 0 Å². The van der Waals surface area contributed by atoms with Crippen molar-refractivity contribution in [2.75, 3.05) is 53.0 Å². The van der Waals surface area contributed by atoms with Crippen LogP contribution >= 0.6 is 0 Å². The molecule has 0 bridgehead atoms. The Morgan fingerprint density at radius 3 is 2.17 bits per heavy atom. The van der Waals surface area contributed by atoms with Gasteiger partial charge in [-0.2, -0.15) is 0 Å². The quantitative estimate of drug-likeness (QED) is 0.401. The van der Waals surface area contributed by atoms with Crippen LogP contribution in [0.25, 0.3) is 11.1 Å². The number of β-amino-alcohol motifs (C(OH)–C–C–N with tert-alkyl or cyclic N) is 1. The number of nitrogens with two attached hydrogens (primary N) is 1. The molecule has 1 amide bonds. The zero-order valence-electron chi connectivity index (χ0n) is 21.5. The lowest BCUT2D eigenvalue weighted by molar-refractivity contribution is -0.118. The van der Waals surface area contributed by atoms with Gasteiger partial charge in [0.1, 0.15) is 11.5 Å². The Labute approximate surface area is 209 Å². The summed E-state index contributed by atoms with van der Waals surface area (Å²) in [4.78, 5) is 15.3. The summed E-state index contributed by atoms with van der Waals surface area (Å²) in [6, 6.07) is 12.4. The van der Waals surface area contributed by atoms with E-state index in [2.05, 4.69) is 35.8 Å². The van der Waals surface area contributed by atoms with E-state index in [1.807, 2.05) is 31.3 Å². The predicted octanol–water partition coefficient (Wildman–Crippen LogP) is 3.38. The second-order valence-electron chi connectivity index (χ2n) is 9.52. The van der Waals surface area contributed by atoms with Gasteiger partial charge >= 0.3 is 0 Å². The zero-order valence-corrected chi connectivity index (χ0v) is 21.5. The molecular formula is C28H41N3O4. The molecule has 3 N–H and O–H groups in total. The van der Waals surface area contributed by atoms with Crippen molar-refractivity contribution in [3.63, 3.8) is 0 Å². The van der Waals surface area contributed by atoms with Crippen molar-refractivity contribution in [3.05, 3.63) is 47.5 Å². The van der Waals surface area contributed by atoms with E-state index >= 15 is 0 Å². The molecule has 0 unspecified atom stereocenters. The summed E-state index contributed by atoms with van der Waals surface area (Å²) in [5.74, 6) is 1.53. The number of primary amides is 1. The summed E-state index contributed by atoms with van der Waals surface area (Å²) >= 11 is 0. The molecule has 1 saturated heterocycles. The van der Waals surface area contributed by atoms with Crippen molar-refractivity contribution >= 4 is 5.91 Å². The van der Waals surface area contributed by atoms with Crippen molar-refractivity contribution in [1.82, 2.24) is 9.80 Å². The number of likely N-dealkylation sites (tertiary alicyclic amines) is 1. The Kier molecular flexibility index (Phi) is 10.4. The third kappa shape index (κ3) is 8.23. The van der Waals surface area contributed by atoms with Crippen LogP contribution in [0.15, 0.2) is 36.4 Å². The fraction of sp³-hybridized carbons (Fsp3) is 0.536. The maximum Gasteiger partial charge on any atom is 0.218 e. The van der Waals surface area contributed by atoms with Crippen LogP contribution in [0.1, 0.15) is 36.8 Å². The molecule has 7 nitrogen and oxygen atoms in total. The highest BCUT2D eigenvalue weighted by Gasteiger charge is 2.19. The molecule has 0 aliphatic carbocycles. The van der Waals surface area contributed by atoms with E-state index in [-0.39, 0.29) is 12.0 Å². The topological polar surface area (TPSA) is 88.3 Å². The monoisotopic (exact) mass is 483 g/mol. The van der Waals surface area contributed by atoms with E-state index in [0.29, 0.717) is 26.2 Å². The van der Waals surface area contributed by atoms with Crippen molar-refractivity contribution in [3.8, 4) is 22.6 Å². The lowest BCUT2D eigenvalue weighted by Crippen LogP contribution is -2.26. The number of hydrogen-bond donors (Lipinski definition) is 2. The molecular weight excluding hydrogens is 442 g/mol. The Hall–Kier alpha value is -2.61. The number of carbonyl (C=O) groups is 1. The van der Waals surface area contributed by atoms with Gasteiger partial charge in [-0.25, -0.2) is 0 Å². The van der Waals surface area contributed by atoms with Gasteiger partial charge in [0.25, 0.3) is 0 Å². The molecule has 0 saturated carbocycles. The van der Waals surface area contributed by atoms with Crippen molar-refractivity contribution in [2.24, 2.45) is 5.73 Å². The Balaban J connectivity index is 1.54. The molecule has 2 aromatic carbocycles. The fourth-order valence-corrected chi connectivity index (χ4v) is 4.54.